The van der Waals surface area contributed by atoms with Gasteiger partial charge < -0.3 is 5.32 Å². The summed E-state index contributed by atoms with van der Waals surface area (Å²) in [5, 5.41) is 3.28. The fraction of sp³-hybridized carbons (Fsp3) is 1.00. The van der Waals surface area contributed by atoms with E-state index < -0.39 is 10.2 Å². The van der Waals surface area contributed by atoms with Crippen LogP contribution in [0.5, 0.6) is 0 Å². The number of nitrogens with one attached hydrogen (secondary N) is 2. The van der Waals surface area contributed by atoms with Gasteiger partial charge in [-0.1, -0.05) is 33.1 Å². The van der Waals surface area contributed by atoms with Gasteiger partial charge in [-0.25, -0.2) is 4.72 Å². The molecule has 1 saturated carbocycles. The Morgan fingerprint density at radius 3 is 2.47 bits per heavy atom. The van der Waals surface area contributed by atoms with E-state index in [1.807, 2.05) is 0 Å². The zero-order chi connectivity index (χ0) is 14.3. The molecule has 2 N–H and O–H groups in total. The van der Waals surface area contributed by atoms with Gasteiger partial charge in [0.15, 0.2) is 0 Å². The van der Waals surface area contributed by atoms with Crippen LogP contribution in [0.15, 0.2) is 0 Å². The number of hydrogen-bond acceptors (Lipinski definition) is 3. The highest BCUT2D eigenvalue weighted by atomic mass is 32.2. The Morgan fingerprint density at radius 1 is 1.26 bits per heavy atom. The molecule has 0 saturated heterocycles. The Hall–Kier alpha value is -0.170. The van der Waals surface area contributed by atoms with Crippen molar-refractivity contribution in [2.24, 2.45) is 5.92 Å². The molecule has 0 aromatic rings. The second-order valence-corrected chi connectivity index (χ2v) is 7.63. The van der Waals surface area contributed by atoms with Crippen molar-refractivity contribution in [2.75, 3.05) is 26.7 Å². The summed E-state index contributed by atoms with van der Waals surface area (Å²) >= 11 is 0. The Kier molecular flexibility index (Phi) is 7.28. The van der Waals surface area contributed by atoms with Crippen LogP contribution in [0.1, 0.15) is 46.0 Å². The van der Waals surface area contributed by atoms with Gasteiger partial charge in [-0.2, -0.15) is 12.7 Å². The first-order valence-electron chi connectivity index (χ1n) is 7.36. The molecule has 1 aliphatic carbocycles. The van der Waals surface area contributed by atoms with Crippen LogP contribution in [0.2, 0.25) is 0 Å². The molecule has 0 unspecified atom stereocenters. The molecule has 0 aliphatic heterocycles. The van der Waals surface area contributed by atoms with E-state index in [2.05, 4.69) is 23.9 Å². The quantitative estimate of drug-likeness (QED) is 0.597. The fourth-order valence-corrected chi connectivity index (χ4v) is 3.06. The Bertz CT molecular complexity index is 340. The lowest BCUT2D eigenvalue weighted by Gasteiger charge is -2.25. The highest BCUT2D eigenvalue weighted by Crippen LogP contribution is 2.28. The lowest BCUT2D eigenvalue weighted by atomic mass is 9.83. The maximum Gasteiger partial charge on any atom is 0.279 e. The summed E-state index contributed by atoms with van der Waals surface area (Å²) in [6.45, 7) is 6.14. The SMILES string of the molecule is CC(C)NCCCN(C)S(=O)(=O)NCCC1CCC1. The zero-order valence-corrected chi connectivity index (χ0v) is 13.3. The number of nitrogens with zero attached hydrogens (tertiary/aromatic N) is 1. The van der Waals surface area contributed by atoms with Crippen molar-refractivity contribution in [3.63, 3.8) is 0 Å². The lowest BCUT2D eigenvalue weighted by Crippen LogP contribution is -2.40. The fourth-order valence-electron chi connectivity index (χ4n) is 2.10. The Balaban J connectivity index is 2.14. The maximum atomic E-state index is 11.9. The molecule has 1 fully saturated rings. The van der Waals surface area contributed by atoms with Crippen LogP contribution in [0, 0.1) is 5.92 Å². The first-order chi connectivity index (χ1) is 8.92. The molecule has 19 heavy (non-hydrogen) atoms. The topological polar surface area (TPSA) is 61.4 Å². The lowest BCUT2D eigenvalue weighted by molar-refractivity contribution is 0.296. The second-order valence-electron chi connectivity index (χ2n) is 5.77. The zero-order valence-electron chi connectivity index (χ0n) is 12.5. The van der Waals surface area contributed by atoms with E-state index in [1.165, 1.54) is 23.6 Å². The van der Waals surface area contributed by atoms with Gasteiger partial charge in [-0.15, -0.1) is 0 Å². The van der Waals surface area contributed by atoms with Crippen molar-refractivity contribution in [1.29, 1.82) is 0 Å². The minimum absolute atomic E-state index is 0.447. The molecule has 0 aromatic carbocycles. The Morgan fingerprint density at radius 2 is 1.95 bits per heavy atom. The van der Waals surface area contributed by atoms with Crippen LogP contribution in [0.25, 0.3) is 0 Å². The van der Waals surface area contributed by atoms with Crippen LogP contribution in [-0.2, 0) is 10.2 Å². The van der Waals surface area contributed by atoms with E-state index in [-0.39, 0.29) is 0 Å². The van der Waals surface area contributed by atoms with Crippen molar-refractivity contribution in [3.8, 4) is 0 Å². The highest BCUT2D eigenvalue weighted by molar-refractivity contribution is 7.87. The summed E-state index contributed by atoms with van der Waals surface area (Å²) < 4.78 is 28.0. The molecule has 114 valence electrons. The minimum Gasteiger partial charge on any atom is -0.314 e. The van der Waals surface area contributed by atoms with Gasteiger partial charge in [0.1, 0.15) is 0 Å². The monoisotopic (exact) mass is 291 g/mol. The van der Waals surface area contributed by atoms with Gasteiger partial charge in [0.05, 0.1) is 0 Å². The van der Waals surface area contributed by atoms with Gasteiger partial charge in [0.2, 0.25) is 0 Å². The van der Waals surface area contributed by atoms with Gasteiger partial charge in [0.25, 0.3) is 10.2 Å². The summed E-state index contributed by atoms with van der Waals surface area (Å²) in [6.07, 6.45) is 5.64. The van der Waals surface area contributed by atoms with Crippen molar-refractivity contribution < 1.29 is 8.42 Å². The molecule has 0 spiro atoms. The van der Waals surface area contributed by atoms with E-state index in [9.17, 15) is 8.42 Å². The molecule has 0 amide bonds. The van der Waals surface area contributed by atoms with Gasteiger partial charge in [0, 0.05) is 26.2 Å². The van der Waals surface area contributed by atoms with E-state index in [0.717, 1.165) is 25.3 Å². The molecule has 5 nitrogen and oxygen atoms in total. The van der Waals surface area contributed by atoms with Crippen LogP contribution < -0.4 is 10.0 Å². The van der Waals surface area contributed by atoms with Gasteiger partial charge >= 0.3 is 0 Å². The molecule has 0 radical (unpaired) electrons. The molecule has 6 heteroatoms. The average molecular weight is 291 g/mol. The average Bonchev–Trinajstić information content (AvgIpc) is 2.27. The number of rotatable bonds is 10. The van der Waals surface area contributed by atoms with Crippen molar-refractivity contribution in [3.05, 3.63) is 0 Å². The molecule has 0 heterocycles. The molecular weight excluding hydrogens is 262 g/mol. The molecule has 0 atom stereocenters. The summed E-state index contributed by atoms with van der Waals surface area (Å²) in [6, 6.07) is 0.447. The summed E-state index contributed by atoms with van der Waals surface area (Å²) in [4.78, 5) is 0. The molecule has 0 bridgehead atoms. The second kappa shape index (κ2) is 8.19. The predicted molar refractivity (Wildman–Crippen MR) is 79.3 cm³/mol. The third-order valence-electron chi connectivity index (χ3n) is 3.67. The minimum atomic E-state index is -3.29. The first-order valence-corrected chi connectivity index (χ1v) is 8.80. The molecule has 1 rings (SSSR count). The highest BCUT2D eigenvalue weighted by Gasteiger charge is 2.20. The van der Waals surface area contributed by atoms with Crippen LogP contribution in [0.3, 0.4) is 0 Å². The summed E-state index contributed by atoms with van der Waals surface area (Å²) in [7, 11) is -1.65. The molecular formula is C13H29N3O2S. The van der Waals surface area contributed by atoms with Crippen LogP contribution in [0.4, 0.5) is 0 Å². The van der Waals surface area contributed by atoms with Crippen molar-refractivity contribution >= 4 is 10.2 Å². The summed E-state index contributed by atoms with van der Waals surface area (Å²) in [5.74, 6) is 0.739. The summed E-state index contributed by atoms with van der Waals surface area (Å²) in [5.41, 5.74) is 0. The predicted octanol–water partition coefficient (Wildman–Crippen LogP) is 1.33. The van der Waals surface area contributed by atoms with Gasteiger partial charge in [-0.3, -0.25) is 0 Å². The van der Waals surface area contributed by atoms with E-state index >= 15 is 0 Å². The smallest absolute Gasteiger partial charge is 0.279 e. The van der Waals surface area contributed by atoms with Crippen LogP contribution in [-0.4, -0.2) is 45.4 Å². The van der Waals surface area contributed by atoms with Crippen molar-refractivity contribution in [1.82, 2.24) is 14.3 Å². The third-order valence-corrected chi connectivity index (χ3v) is 5.25. The molecule has 0 aromatic heterocycles. The third kappa shape index (κ3) is 6.70. The molecule has 1 aliphatic rings. The maximum absolute atomic E-state index is 11.9. The standard InChI is InChI=1S/C13H29N3O2S/c1-12(2)14-9-5-11-16(3)19(17,18)15-10-8-13-6-4-7-13/h12-15H,4-11H2,1-3H3. The van der Waals surface area contributed by atoms with E-state index in [1.54, 1.807) is 7.05 Å². The van der Waals surface area contributed by atoms with E-state index in [4.69, 9.17) is 0 Å². The van der Waals surface area contributed by atoms with E-state index in [0.29, 0.717) is 19.1 Å². The number of hydrogen-bond donors (Lipinski definition) is 2. The van der Waals surface area contributed by atoms with Crippen molar-refractivity contribution in [2.45, 2.75) is 52.0 Å². The Labute approximate surface area is 118 Å². The van der Waals surface area contributed by atoms with Crippen LogP contribution >= 0.6 is 0 Å². The normalized spacial score (nSPS) is 17.1. The largest absolute Gasteiger partial charge is 0.314 e. The van der Waals surface area contributed by atoms with Gasteiger partial charge in [-0.05, 0) is 25.3 Å². The first kappa shape index (κ1) is 16.9.